The van der Waals surface area contributed by atoms with E-state index < -0.39 is 0 Å². The highest BCUT2D eigenvalue weighted by Crippen LogP contribution is 2.29. The fraction of sp³-hybridized carbons (Fsp3) is 0.269. The van der Waals surface area contributed by atoms with Crippen molar-refractivity contribution in [1.29, 1.82) is 0 Å². The van der Waals surface area contributed by atoms with Crippen LogP contribution in [0.1, 0.15) is 22.8 Å². The van der Waals surface area contributed by atoms with Crippen molar-refractivity contribution in [3.63, 3.8) is 0 Å². The zero-order chi connectivity index (χ0) is 22.8. The Morgan fingerprint density at radius 1 is 1.15 bits per heavy atom. The highest BCUT2D eigenvalue weighted by molar-refractivity contribution is 5.96. The molecule has 3 heterocycles. The van der Waals surface area contributed by atoms with Crippen molar-refractivity contribution in [3.05, 3.63) is 72.1 Å². The van der Waals surface area contributed by atoms with Gasteiger partial charge in [0, 0.05) is 67.4 Å². The van der Waals surface area contributed by atoms with E-state index in [1.54, 1.807) is 6.20 Å². The van der Waals surface area contributed by atoms with Crippen molar-refractivity contribution in [2.75, 3.05) is 19.6 Å². The van der Waals surface area contributed by atoms with Gasteiger partial charge in [-0.25, -0.2) is 0 Å². The number of pyridine rings is 1. The highest BCUT2D eigenvalue weighted by atomic mass is 16.5. The summed E-state index contributed by atoms with van der Waals surface area (Å²) in [5, 5.41) is 11.6. The molecule has 0 aliphatic carbocycles. The molecule has 2 aromatic carbocycles. The Hall–Kier alpha value is -3.71. The number of aromatic nitrogens is 3. The molecule has 1 fully saturated rings. The summed E-state index contributed by atoms with van der Waals surface area (Å²) in [5.74, 6) is 1.96. The lowest BCUT2D eigenvalue weighted by atomic mass is 9.98. The average molecular weight is 442 g/mol. The van der Waals surface area contributed by atoms with Gasteiger partial charge in [0.25, 0.3) is 5.91 Å². The molecule has 0 radical (unpaired) electrons. The van der Waals surface area contributed by atoms with E-state index in [0.717, 1.165) is 58.5 Å². The second-order valence-electron chi connectivity index (χ2n) is 8.43. The largest absolute Gasteiger partial charge is 0.457 e. The van der Waals surface area contributed by atoms with Gasteiger partial charge in [-0.3, -0.25) is 14.5 Å². The maximum atomic E-state index is 12.7. The summed E-state index contributed by atoms with van der Waals surface area (Å²) < 4.78 is 7.94. The molecule has 0 atom stereocenters. The molecule has 4 aromatic rings. The number of benzene rings is 2. The molecule has 1 amide bonds. The highest BCUT2D eigenvalue weighted by Gasteiger charge is 2.19. The number of ether oxygens (including phenoxy) is 1. The number of hydrogen-bond donors (Lipinski definition) is 2. The van der Waals surface area contributed by atoms with Gasteiger partial charge in [0.15, 0.2) is 0 Å². The van der Waals surface area contributed by atoms with Crippen LogP contribution in [0, 0.1) is 5.92 Å². The number of nitrogens with one attached hydrogen (secondary N) is 2. The third kappa shape index (κ3) is 4.45. The molecule has 0 saturated carbocycles. The topological polar surface area (TPSA) is 81.1 Å². The van der Waals surface area contributed by atoms with Crippen molar-refractivity contribution in [2.24, 2.45) is 13.0 Å². The van der Waals surface area contributed by atoms with Gasteiger partial charge >= 0.3 is 0 Å². The standard InChI is InChI=1S/C26H27N5O2/c1-3-18-10-19(5-7-23(18)26(32)29-15-17-13-27-14-17)24-11-22(8-9-28-24)33-21-6-4-20-16-30-31(2)25(20)12-21/h4-12,16-17,27H,3,13-15H2,1-2H3,(H,29,32). The minimum Gasteiger partial charge on any atom is -0.457 e. The van der Waals surface area contributed by atoms with Gasteiger partial charge in [-0.05, 0) is 42.3 Å². The number of nitrogens with zero attached hydrogens (tertiary/aromatic N) is 3. The third-order valence-electron chi connectivity index (χ3n) is 6.13. The zero-order valence-electron chi connectivity index (χ0n) is 18.8. The number of hydrogen-bond acceptors (Lipinski definition) is 5. The van der Waals surface area contributed by atoms with Crippen molar-refractivity contribution >= 4 is 16.8 Å². The smallest absolute Gasteiger partial charge is 0.251 e. The first-order valence-corrected chi connectivity index (χ1v) is 11.3. The Balaban J connectivity index is 1.35. The molecule has 5 rings (SSSR count). The molecule has 2 N–H and O–H groups in total. The first-order valence-electron chi connectivity index (χ1n) is 11.3. The van der Waals surface area contributed by atoms with Gasteiger partial charge < -0.3 is 15.4 Å². The van der Waals surface area contributed by atoms with Gasteiger partial charge in [-0.1, -0.05) is 13.0 Å². The summed E-state index contributed by atoms with van der Waals surface area (Å²) in [5.41, 5.74) is 4.50. The fourth-order valence-electron chi connectivity index (χ4n) is 4.05. The van der Waals surface area contributed by atoms with E-state index >= 15 is 0 Å². The molecule has 33 heavy (non-hydrogen) atoms. The summed E-state index contributed by atoms with van der Waals surface area (Å²) in [6.07, 6.45) is 4.35. The van der Waals surface area contributed by atoms with Crippen molar-refractivity contribution in [3.8, 4) is 22.8 Å². The monoisotopic (exact) mass is 441 g/mol. The van der Waals surface area contributed by atoms with Crippen molar-refractivity contribution in [2.45, 2.75) is 13.3 Å². The van der Waals surface area contributed by atoms with Crippen LogP contribution in [-0.4, -0.2) is 40.3 Å². The first-order chi connectivity index (χ1) is 16.1. The van der Waals surface area contributed by atoms with E-state index in [9.17, 15) is 4.79 Å². The molecule has 1 aliphatic heterocycles. The summed E-state index contributed by atoms with van der Waals surface area (Å²) in [6.45, 7) is 4.72. The normalized spacial score (nSPS) is 13.6. The van der Waals surface area contributed by atoms with Crippen LogP contribution in [0.4, 0.5) is 0 Å². The van der Waals surface area contributed by atoms with Crippen LogP contribution in [0.5, 0.6) is 11.5 Å². The molecular weight excluding hydrogens is 414 g/mol. The summed E-state index contributed by atoms with van der Waals surface area (Å²) >= 11 is 0. The fourth-order valence-corrected chi connectivity index (χ4v) is 4.05. The summed E-state index contributed by atoms with van der Waals surface area (Å²) in [7, 11) is 1.91. The molecule has 1 saturated heterocycles. The van der Waals surface area contributed by atoms with E-state index in [2.05, 4.69) is 27.6 Å². The molecular formula is C26H27N5O2. The van der Waals surface area contributed by atoms with Gasteiger partial charge in [0.1, 0.15) is 11.5 Å². The van der Waals surface area contributed by atoms with Crippen LogP contribution in [0.2, 0.25) is 0 Å². The molecule has 7 heteroatoms. The lowest BCUT2D eigenvalue weighted by Crippen LogP contribution is -2.48. The van der Waals surface area contributed by atoms with Crippen LogP contribution in [-0.2, 0) is 13.5 Å². The predicted octanol–water partition coefficient (Wildman–Crippen LogP) is 3.94. The Kier molecular flexibility index (Phi) is 5.79. The van der Waals surface area contributed by atoms with Crippen LogP contribution in [0.3, 0.4) is 0 Å². The predicted molar refractivity (Wildman–Crippen MR) is 129 cm³/mol. The van der Waals surface area contributed by atoms with Crippen LogP contribution < -0.4 is 15.4 Å². The SMILES string of the molecule is CCc1cc(-c2cc(Oc3ccc4cnn(C)c4c3)ccn2)ccc1C(=O)NCC1CNC1. The lowest BCUT2D eigenvalue weighted by molar-refractivity contribution is 0.0941. The maximum absolute atomic E-state index is 12.7. The Bertz CT molecular complexity index is 1310. The summed E-state index contributed by atoms with van der Waals surface area (Å²) in [4.78, 5) is 17.2. The molecule has 1 aliphatic rings. The molecule has 7 nitrogen and oxygen atoms in total. The Labute approximate surface area is 192 Å². The van der Waals surface area contributed by atoms with E-state index in [4.69, 9.17) is 4.74 Å². The minimum absolute atomic E-state index is 0.0131. The van der Waals surface area contributed by atoms with Gasteiger partial charge in [0.2, 0.25) is 0 Å². The van der Waals surface area contributed by atoms with Crippen LogP contribution >= 0.6 is 0 Å². The Morgan fingerprint density at radius 2 is 2.00 bits per heavy atom. The van der Waals surface area contributed by atoms with Crippen molar-refractivity contribution in [1.82, 2.24) is 25.4 Å². The number of carbonyl (C=O) groups is 1. The van der Waals surface area contributed by atoms with Gasteiger partial charge in [0.05, 0.1) is 17.4 Å². The van der Waals surface area contributed by atoms with Gasteiger partial charge in [-0.2, -0.15) is 5.10 Å². The number of aryl methyl sites for hydroxylation is 2. The van der Waals surface area contributed by atoms with E-state index in [0.29, 0.717) is 18.2 Å². The number of amides is 1. The third-order valence-corrected chi connectivity index (χ3v) is 6.13. The zero-order valence-corrected chi connectivity index (χ0v) is 18.8. The van der Waals surface area contributed by atoms with Crippen LogP contribution in [0.25, 0.3) is 22.2 Å². The number of fused-ring (bicyclic) bond motifs is 1. The van der Waals surface area contributed by atoms with Crippen LogP contribution in [0.15, 0.2) is 60.9 Å². The Morgan fingerprint density at radius 3 is 2.79 bits per heavy atom. The number of carbonyl (C=O) groups excluding carboxylic acids is 1. The van der Waals surface area contributed by atoms with Gasteiger partial charge in [-0.15, -0.1) is 0 Å². The first kappa shape index (κ1) is 21.2. The lowest BCUT2D eigenvalue weighted by Gasteiger charge is -2.27. The number of rotatable bonds is 7. The second-order valence-corrected chi connectivity index (χ2v) is 8.43. The van der Waals surface area contributed by atoms with E-state index in [1.807, 2.05) is 66.5 Å². The molecule has 0 spiro atoms. The molecule has 168 valence electrons. The van der Waals surface area contributed by atoms with E-state index in [-0.39, 0.29) is 5.91 Å². The summed E-state index contributed by atoms with van der Waals surface area (Å²) in [6, 6.07) is 15.6. The molecule has 0 unspecified atom stereocenters. The average Bonchev–Trinajstić information content (AvgIpc) is 3.18. The van der Waals surface area contributed by atoms with Crippen molar-refractivity contribution < 1.29 is 9.53 Å². The maximum Gasteiger partial charge on any atom is 0.251 e. The quantitative estimate of drug-likeness (QED) is 0.454. The molecule has 0 bridgehead atoms. The molecule has 2 aromatic heterocycles. The second kappa shape index (κ2) is 9.03. The minimum atomic E-state index is -0.0131. The van der Waals surface area contributed by atoms with E-state index in [1.165, 1.54) is 0 Å².